The van der Waals surface area contributed by atoms with Gasteiger partial charge >= 0.3 is 0 Å². The van der Waals surface area contributed by atoms with Gasteiger partial charge in [0.1, 0.15) is 12.4 Å². The molecule has 1 N–H and O–H groups in total. The Balaban J connectivity index is 2.43. The summed E-state index contributed by atoms with van der Waals surface area (Å²) >= 11 is 4.98. The molecular formula is C8H13F2N3OS. The first kappa shape index (κ1) is 12.3. The molecule has 1 aromatic heterocycles. The van der Waals surface area contributed by atoms with Crippen LogP contribution in [0.3, 0.4) is 0 Å². The molecule has 1 aromatic rings. The van der Waals surface area contributed by atoms with Crippen molar-refractivity contribution in [2.24, 2.45) is 0 Å². The molecule has 0 aliphatic carbocycles. The second kappa shape index (κ2) is 5.92. The van der Waals surface area contributed by atoms with Crippen LogP contribution in [-0.4, -0.2) is 34.4 Å². The number of hydrogen-bond donors (Lipinski definition) is 1. The van der Waals surface area contributed by atoms with Gasteiger partial charge < -0.3 is 9.30 Å². The summed E-state index contributed by atoms with van der Waals surface area (Å²) in [6.45, 7) is 2.07. The number of aromatic nitrogens is 3. The number of H-pyrrole nitrogens is 1. The van der Waals surface area contributed by atoms with E-state index >= 15 is 0 Å². The van der Waals surface area contributed by atoms with Crippen molar-refractivity contribution in [2.45, 2.75) is 26.3 Å². The molecule has 0 aliphatic rings. The predicted molar refractivity (Wildman–Crippen MR) is 53.6 cm³/mol. The summed E-state index contributed by atoms with van der Waals surface area (Å²) in [7, 11) is 0. The Bertz CT molecular complexity index is 350. The van der Waals surface area contributed by atoms with Crippen molar-refractivity contribution in [3.8, 4) is 0 Å². The largest absolute Gasteiger partial charge is 0.374 e. The quantitative estimate of drug-likeness (QED) is 0.606. The lowest BCUT2D eigenvalue weighted by molar-refractivity contribution is 0.0145. The fourth-order valence-corrected chi connectivity index (χ4v) is 1.42. The summed E-state index contributed by atoms with van der Waals surface area (Å²) in [5.41, 5.74) is 0. The van der Waals surface area contributed by atoms with E-state index in [4.69, 9.17) is 17.0 Å². The van der Waals surface area contributed by atoms with Gasteiger partial charge in [-0.25, -0.2) is 8.78 Å². The van der Waals surface area contributed by atoms with E-state index < -0.39 is 13.0 Å². The van der Waals surface area contributed by atoms with E-state index in [2.05, 4.69) is 10.2 Å². The molecule has 0 unspecified atom stereocenters. The molecular weight excluding hydrogens is 224 g/mol. The van der Waals surface area contributed by atoms with Crippen molar-refractivity contribution in [2.75, 3.05) is 13.2 Å². The Morgan fingerprint density at radius 2 is 2.33 bits per heavy atom. The van der Waals surface area contributed by atoms with E-state index in [1.807, 2.05) is 6.92 Å². The van der Waals surface area contributed by atoms with Gasteiger partial charge in [0, 0.05) is 6.42 Å². The molecule has 0 atom stereocenters. The first-order valence-corrected chi connectivity index (χ1v) is 5.06. The molecule has 0 radical (unpaired) electrons. The summed E-state index contributed by atoms with van der Waals surface area (Å²) in [5.74, 6) is 0.806. The SMILES string of the molecule is CCc1n[nH]c(=S)n1CCOCC(F)F. The van der Waals surface area contributed by atoms with Crippen molar-refractivity contribution in [3.63, 3.8) is 0 Å². The highest BCUT2D eigenvalue weighted by Crippen LogP contribution is 1.99. The molecule has 86 valence electrons. The molecule has 0 spiro atoms. The predicted octanol–water partition coefficient (Wildman–Crippen LogP) is 1.78. The standard InChI is InChI=1S/C8H13F2N3OS/c1-2-7-11-12-8(15)13(7)3-4-14-5-6(9)10/h6H,2-5H2,1H3,(H,12,15). The van der Waals surface area contributed by atoms with Gasteiger partial charge in [0.05, 0.1) is 13.2 Å². The maximum Gasteiger partial charge on any atom is 0.261 e. The normalized spacial score (nSPS) is 11.2. The number of aryl methyl sites for hydroxylation is 1. The highest BCUT2D eigenvalue weighted by molar-refractivity contribution is 7.71. The molecule has 0 saturated carbocycles. The molecule has 0 amide bonds. The molecule has 15 heavy (non-hydrogen) atoms. The zero-order chi connectivity index (χ0) is 11.3. The zero-order valence-corrected chi connectivity index (χ0v) is 9.19. The Morgan fingerprint density at radius 1 is 1.60 bits per heavy atom. The molecule has 0 saturated heterocycles. The van der Waals surface area contributed by atoms with Gasteiger partial charge in [-0.2, -0.15) is 5.10 Å². The Labute approximate surface area is 91.3 Å². The second-order valence-corrected chi connectivity index (χ2v) is 3.30. The number of nitrogens with zero attached hydrogens (tertiary/aromatic N) is 2. The average Bonchev–Trinajstić information content (AvgIpc) is 2.54. The summed E-state index contributed by atoms with van der Waals surface area (Å²) in [6, 6.07) is 0. The minimum Gasteiger partial charge on any atom is -0.374 e. The van der Waals surface area contributed by atoms with Crippen molar-refractivity contribution in [3.05, 3.63) is 10.6 Å². The third kappa shape index (κ3) is 3.67. The van der Waals surface area contributed by atoms with Crippen LogP contribution in [0.4, 0.5) is 8.78 Å². The Morgan fingerprint density at radius 3 is 2.93 bits per heavy atom. The highest BCUT2D eigenvalue weighted by Gasteiger charge is 2.05. The van der Waals surface area contributed by atoms with Crippen LogP contribution in [0.2, 0.25) is 0 Å². The third-order valence-corrected chi connectivity index (χ3v) is 2.17. The lowest BCUT2D eigenvalue weighted by atomic mass is 10.4. The molecule has 1 rings (SSSR count). The van der Waals surface area contributed by atoms with E-state index in [1.165, 1.54) is 0 Å². The van der Waals surface area contributed by atoms with E-state index in [-0.39, 0.29) is 6.61 Å². The molecule has 0 bridgehead atoms. The number of hydrogen-bond acceptors (Lipinski definition) is 3. The average molecular weight is 237 g/mol. The first-order chi connectivity index (χ1) is 7.15. The number of ether oxygens (including phenoxy) is 1. The van der Waals surface area contributed by atoms with Crippen LogP contribution in [0.15, 0.2) is 0 Å². The summed E-state index contributed by atoms with van der Waals surface area (Å²) in [5, 5.41) is 6.64. The minimum atomic E-state index is -2.42. The Hall–Kier alpha value is -0.820. The maximum atomic E-state index is 11.8. The molecule has 1 heterocycles. The van der Waals surface area contributed by atoms with Crippen LogP contribution in [0.25, 0.3) is 0 Å². The Kier molecular flexibility index (Phi) is 4.83. The number of alkyl halides is 2. The molecule has 0 fully saturated rings. The van der Waals surface area contributed by atoms with Crippen molar-refractivity contribution < 1.29 is 13.5 Å². The fraction of sp³-hybridized carbons (Fsp3) is 0.750. The number of aromatic amines is 1. The number of rotatable bonds is 6. The van der Waals surface area contributed by atoms with E-state index in [1.54, 1.807) is 4.57 Å². The van der Waals surface area contributed by atoms with Crippen LogP contribution in [0.1, 0.15) is 12.7 Å². The highest BCUT2D eigenvalue weighted by atomic mass is 32.1. The summed E-state index contributed by atoms with van der Waals surface area (Å²) in [6.07, 6.45) is -1.69. The van der Waals surface area contributed by atoms with Crippen LogP contribution < -0.4 is 0 Å². The van der Waals surface area contributed by atoms with Crippen molar-refractivity contribution in [1.82, 2.24) is 14.8 Å². The van der Waals surface area contributed by atoms with Crippen LogP contribution >= 0.6 is 12.2 Å². The molecule has 4 nitrogen and oxygen atoms in total. The monoisotopic (exact) mass is 237 g/mol. The van der Waals surface area contributed by atoms with Gasteiger partial charge in [0.2, 0.25) is 0 Å². The van der Waals surface area contributed by atoms with Crippen molar-refractivity contribution >= 4 is 12.2 Å². The summed E-state index contributed by atoms with van der Waals surface area (Å²) in [4.78, 5) is 0. The van der Waals surface area contributed by atoms with Gasteiger partial charge in [-0.05, 0) is 12.2 Å². The fourth-order valence-electron chi connectivity index (χ4n) is 1.18. The van der Waals surface area contributed by atoms with E-state index in [0.717, 1.165) is 12.2 Å². The lowest BCUT2D eigenvalue weighted by Crippen LogP contribution is -2.12. The van der Waals surface area contributed by atoms with Gasteiger partial charge in [-0.3, -0.25) is 5.10 Å². The smallest absolute Gasteiger partial charge is 0.261 e. The number of nitrogens with one attached hydrogen (secondary N) is 1. The maximum absolute atomic E-state index is 11.8. The second-order valence-electron chi connectivity index (χ2n) is 2.92. The lowest BCUT2D eigenvalue weighted by Gasteiger charge is -2.06. The van der Waals surface area contributed by atoms with E-state index in [0.29, 0.717) is 11.3 Å². The van der Waals surface area contributed by atoms with E-state index in [9.17, 15) is 8.78 Å². The number of halogens is 2. The van der Waals surface area contributed by atoms with Gasteiger partial charge in [-0.15, -0.1) is 0 Å². The van der Waals surface area contributed by atoms with Gasteiger partial charge in [-0.1, -0.05) is 6.92 Å². The van der Waals surface area contributed by atoms with Crippen LogP contribution in [0, 0.1) is 4.77 Å². The van der Waals surface area contributed by atoms with Gasteiger partial charge in [0.15, 0.2) is 4.77 Å². The third-order valence-electron chi connectivity index (χ3n) is 1.86. The van der Waals surface area contributed by atoms with Crippen LogP contribution in [0.5, 0.6) is 0 Å². The zero-order valence-electron chi connectivity index (χ0n) is 8.37. The minimum absolute atomic E-state index is 0.213. The molecule has 0 aliphatic heterocycles. The first-order valence-electron chi connectivity index (χ1n) is 4.65. The molecule has 0 aromatic carbocycles. The van der Waals surface area contributed by atoms with Crippen LogP contribution in [-0.2, 0) is 17.7 Å². The van der Waals surface area contributed by atoms with Gasteiger partial charge in [0.25, 0.3) is 6.43 Å². The topological polar surface area (TPSA) is 42.8 Å². The van der Waals surface area contributed by atoms with Crippen molar-refractivity contribution in [1.29, 1.82) is 0 Å². The molecule has 7 heteroatoms. The summed E-state index contributed by atoms with van der Waals surface area (Å²) < 4.78 is 30.5.